The van der Waals surface area contributed by atoms with Crippen molar-refractivity contribution in [3.63, 3.8) is 0 Å². The molecule has 0 fully saturated rings. The lowest BCUT2D eigenvalue weighted by Crippen LogP contribution is -2.34. The maximum Gasteiger partial charge on any atom is 0.123 e. The fourth-order valence-corrected chi connectivity index (χ4v) is 2.42. The van der Waals surface area contributed by atoms with Gasteiger partial charge in [-0.1, -0.05) is 6.07 Å². The van der Waals surface area contributed by atoms with Gasteiger partial charge in [-0.05, 0) is 44.0 Å². The molecule has 0 amide bonds. The first-order chi connectivity index (χ1) is 6.88. The minimum atomic E-state index is -0.166. The van der Waals surface area contributed by atoms with Crippen molar-refractivity contribution in [1.29, 1.82) is 0 Å². The number of hydrogen-bond donors (Lipinski definition) is 1. The molecule has 0 aliphatic rings. The quantitative estimate of drug-likeness (QED) is 0.855. The molecule has 0 saturated heterocycles. The van der Waals surface area contributed by atoms with E-state index >= 15 is 0 Å². The van der Waals surface area contributed by atoms with Gasteiger partial charge in [0, 0.05) is 17.0 Å². The van der Waals surface area contributed by atoms with E-state index in [4.69, 9.17) is 5.73 Å². The highest BCUT2D eigenvalue weighted by molar-refractivity contribution is 7.98. The second-order valence-corrected chi connectivity index (χ2v) is 5.54. The number of benzene rings is 1. The molecule has 0 aromatic heterocycles. The number of rotatable bonds is 4. The summed E-state index contributed by atoms with van der Waals surface area (Å²) >= 11 is 1.79. The normalized spacial score (nSPS) is 11.8. The van der Waals surface area contributed by atoms with Crippen LogP contribution in [0.2, 0.25) is 0 Å². The monoisotopic (exact) mass is 227 g/mol. The zero-order valence-electron chi connectivity index (χ0n) is 9.51. The summed E-state index contributed by atoms with van der Waals surface area (Å²) in [6.45, 7) is 5.96. The first-order valence-corrected chi connectivity index (χ1v) is 6.15. The average molecular weight is 227 g/mol. The molecule has 0 spiro atoms. The molecule has 0 saturated carbocycles. The van der Waals surface area contributed by atoms with E-state index in [1.165, 1.54) is 11.6 Å². The van der Waals surface area contributed by atoms with Crippen LogP contribution in [-0.2, 0) is 5.75 Å². The highest BCUT2D eigenvalue weighted by Gasteiger charge is 2.10. The van der Waals surface area contributed by atoms with Crippen LogP contribution >= 0.6 is 11.8 Å². The molecule has 1 aromatic rings. The summed E-state index contributed by atoms with van der Waals surface area (Å²) in [6.07, 6.45) is 0. The SMILES string of the molecule is Cc1cc(F)ccc1CSCC(C)(C)N. The number of hydrogen-bond acceptors (Lipinski definition) is 2. The van der Waals surface area contributed by atoms with Gasteiger partial charge in [0.15, 0.2) is 0 Å². The minimum Gasteiger partial charge on any atom is -0.325 e. The van der Waals surface area contributed by atoms with Gasteiger partial charge in [0.1, 0.15) is 5.82 Å². The molecule has 2 N–H and O–H groups in total. The van der Waals surface area contributed by atoms with Crippen LogP contribution in [0.1, 0.15) is 25.0 Å². The third-order valence-electron chi connectivity index (χ3n) is 2.04. The second kappa shape index (κ2) is 4.99. The fourth-order valence-electron chi connectivity index (χ4n) is 1.25. The third-order valence-corrected chi connectivity index (χ3v) is 3.50. The van der Waals surface area contributed by atoms with Gasteiger partial charge in [-0.15, -0.1) is 0 Å². The van der Waals surface area contributed by atoms with E-state index in [2.05, 4.69) is 0 Å². The summed E-state index contributed by atoms with van der Waals surface area (Å²) in [5.74, 6) is 1.64. The Morgan fingerprint density at radius 2 is 2.07 bits per heavy atom. The van der Waals surface area contributed by atoms with Crippen molar-refractivity contribution in [3.05, 3.63) is 35.1 Å². The Hall–Kier alpha value is -0.540. The van der Waals surface area contributed by atoms with E-state index in [1.54, 1.807) is 17.8 Å². The minimum absolute atomic E-state index is 0.140. The maximum absolute atomic E-state index is 12.8. The highest BCUT2D eigenvalue weighted by Crippen LogP contribution is 2.19. The fraction of sp³-hybridized carbons (Fsp3) is 0.500. The summed E-state index contributed by atoms with van der Waals surface area (Å²) in [4.78, 5) is 0. The lowest BCUT2D eigenvalue weighted by molar-refractivity contribution is 0.591. The molecule has 0 heterocycles. The van der Waals surface area contributed by atoms with Crippen molar-refractivity contribution in [3.8, 4) is 0 Å². The van der Waals surface area contributed by atoms with Crippen molar-refractivity contribution in [2.24, 2.45) is 5.73 Å². The van der Waals surface area contributed by atoms with E-state index in [0.717, 1.165) is 17.1 Å². The lowest BCUT2D eigenvalue weighted by Gasteiger charge is -2.17. The Labute approximate surface area is 95.2 Å². The molecule has 0 unspecified atom stereocenters. The van der Waals surface area contributed by atoms with Crippen LogP contribution in [0, 0.1) is 12.7 Å². The van der Waals surface area contributed by atoms with Crippen LogP contribution in [-0.4, -0.2) is 11.3 Å². The van der Waals surface area contributed by atoms with Gasteiger partial charge in [-0.3, -0.25) is 0 Å². The van der Waals surface area contributed by atoms with Gasteiger partial charge in [0.25, 0.3) is 0 Å². The maximum atomic E-state index is 12.8. The summed E-state index contributed by atoms with van der Waals surface area (Å²) in [5.41, 5.74) is 7.94. The predicted molar refractivity (Wildman–Crippen MR) is 65.6 cm³/mol. The van der Waals surface area contributed by atoms with Crippen LogP contribution in [0.3, 0.4) is 0 Å². The molecule has 0 aliphatic carbocycles. The highest BCUT2D eigenvalue weighted by atomic mass is 32.2. The Morgan fingerprint density at radius 1 is 1.40 bits per heavy atom. The van der Waals surface area contributed by atoms with Crippen LogP contribution in [0.4, 0.5) is 4.39 Å². The molecule has 1 rings (SSSR count). The summed E-state index contributed by atoms with van der Waals surface area (Å²) in [5, 5.41) is 0. The second-order valence-electron chi connectivity index (χ2n) is 4.55. The molecule has 3 heteroatoms. The molecule has 0 radical (unpaired) electrons. The predicted octanol–water partition coefficient (Wildman–Crippen LogP) is 3.10. The standard InChI is InChI=1S/C12H18FNS/c1-9-6-11(13)5-4-10(9)7-15-8-12(2,3)14/h4-6H,7-8,14H2,1-3H3. The summed E-state index contributed by atoms with van der Waals surface area (Å²) < 4.78 is 12.8. The van der Waals surface area contributed by atoms with E-state index in [0.29, 0.717) is 0 Å². The first-order valence-electron chi connectivity index (χ1n) is 5.00. The molecule has 0 bridgehead atoms. The number of thioether (sulfide) groups is 1. The molecule has 1 aromatic carbocycles. The van der Waals surface area contributed by atoms with Gasteiger partial charge >= 0.3 is 0 Å². The number of aryl methyl sites for hydroxylation is 1. The molecule has 0 atom stereocenters. The van der Waals surface area contributed by atoms with E-state index in [-0.39, 0.29) is 11.4 Å². The first kappa shape index (κ1) is 12.5. The van der Waals surface area contributed by atoms with E-state index < -0.39 is 0 Å². The molecule has 1 nitrogen and oxygen atoms in total. The van der Waals surface area contributed by atoms with Crippen LogP contribution in [0.25, 0.3) is 0 Å². The number of halogens is 1. The molecule has 0 aliphatic heterocycles. The van der Waals surface area contributed by atoms with Gasteiger partial charge < -0.3 is 5.73 Å². The molecular weight excluding hydrogens is 209 g/mol. The molecule has 84 valence electrons. The lowest BCUT2D eigenvalue weighted by atomic mass is 10.1. The van der Waals surface area contributed by atoms with Crippen LogP contribution in [0.15, 0.2) is 18.2 Å². The van der Waals surface area contributed by atoms with Gasteiger partial charge in [-0.25, -0.2) is 4.39 Å². The van der Waals surface area contributed by atoms with E-state index in [1.807, 2.05) is 26.8 Å². The zero-order chi connectivity index (χ0) is 11.5. The smallest absolute Gasteiger partial charge is 0.123 e. The van der Waals surface area contributed by atoms with Gasteiger partial charge in [0.2, 0.25) is 0 Å². The van der Waals surface area contributed by atoms with E-state index in [9.17, 15) is 4.39 Å². The average Bonchev–Trinajstić information content (AvgIpc) is 2.07. The van der Waals surface area contributed by atoms with Crippen molar-refractivity contribution < 1.29 is 4.39 Å². The van der Waals surface area contributed by atoms with Crippen molar-refractivity contribution in [1.82, 2.24) is 0 Å². The zero-order valence-corrected chi connectivity index (χ0v) is 10.3. The Kier molecular flexibility index (Phi) is 4.17. The molecule has 15 heavy (non-hydrogen) atoms. The Bertz CT molecular complexity index is 331. The van der Waals surface area contributed by atoms with Gasteiger partial charge in [-0.2, -0.15) is 11.8 Å². The summed E-state index contributed by atoms with van der Waals surface area (Å²) in [6, 6.07) is 4.93. The van der Waals surface area contributed by atoms with Crippen molar-refractivity contribution >= 4 is 11.8 Å². The van der Waals surface area contributed by atoms with Crippen LogP contribution in [0.5, 0.6) is 0 Å². The van der Waals surface area contributed by atoms with Crippen molar-refractivity contribution in [2.75, 3.05) is 5.75 Å². The van der Waals surface area contributed by atoms with Gasteiger partial charge in [0.05, 0.1) is 0 Å². The largest absolute Gasteiger partial charge is 0.325 e. The number of nitrogens with two attached hydrogens (primary N) is 1. The molecular formula is C12H18FNS. The van der Waals surface area contributed by atoms with Crippen LogP contribution < -0.4 is 5.73 Å². The topological polar surface area (TPSA) is 26.0 Å². The van der Waals surface area contributed by atoms with Crippen molar-refractivity contribution in [2.45, 2.75) is 32.1 Å². The third kappa shape index (κ3) is 4.67. The summed E-state index contributed by atoms with van der Waals surface area (Å²) in [7, 11) is 0. The Balaban J connectivity index is 2.51. The Morgan fingerprint density at radius 3 is 2.60 bits per heavy atom.